The average Bonchev–Trinajstić information content (AvgIpc) is 2.54. The number of nitrogens with zero attached hydrogens (tertiary/aromatic N) is 2. The van der Waals surface area contributed by atoms with Crippen LogP contribution < -0.4 is 10.6 Å². The van der Waals surface area contributed by atoms with Crippen LogP contribution in [0.4, 0.5) is 0 Å². The molecule has 0 fully saturated rings. The van der Waals surface area contributed by atoms with Gasteiger partial charge >= 0.3 is 0 Å². The van der Waals surface area contributed by atoms with Gasteiger partial charge in [-0.2, -0.15) is 0 Å². The molecule has 0 radical (unpaired) electrons. The fourth-order valence-electron chi connectivity index (χ4n) is 1.71. The summed E-state index contributed by atoms with van der Waals surface area (Å²) in [6.45, 7) is 9.48. The minimum absolute atomic E-state index is 0. The second-order valence-electron chi connectivity index (χ2n) is 5.89. The van der Waals surface area contributed by atoms with Gasteiger partial charge in [-0.3, -0.25) is 4.79 Å². The molecule has 0 aliphatic rings. The summed E-state index contributed by atoms with van der Waals surface area (Å²) in [5, 5.41) is 6.86. The molecule has 1 aromatic carbocycles. The Balaban J connectivity index is 0.00000576. The van der Waals surface area contributed by atoms with Gasteiger partial charge in [-0.15, -0.1) is 35.7 Å². The molecule has 0 spiro atoms. The summed E-state index contributed by atoms with van der Waals surface area (Å²) >= 11 is 1.80. The second-order valence-corrected chi connectivity index (χ2v) is 7.40. The highest BCUT2D eigenvalue weighted by molar-refractivity contribution is 14.0. The Bertz CT molecular complexity index is 563. The zero-order chi connectivity index (χ0) is 17.9. The first-order chi connectivity index (χ1) is 11.4. The number of benzene rings is 1. The molecule has 2 N–H and O–H groups in total. The maximum atomic E-state index is 11.7. The summed E-state index contributed by atoms with van der Waals surface area (Å²) < 4.78 is 0. The van der Waals surface area contributed by atoms with E-state index >= 15 is 0 Å². The molecule has 0 saturated heterocycles. The van der Waals surface area contributed by atoms with Crippen LogP contribution >= 0.6 is 35.7 Å². The number of rotatable bonds is 8. The number of thioether (sulfide) groups is 1. The molecule has 1 atom stereocenters. The molecule has 1 unspecified atom stereocenters. The van der Waals surface area contributed by atoms with Crippen molar-refractivity contribution in [2.75, 3.05) is 33.7 Å². The van der Waals surface area contributed by atoms with Gasteiger partial charge in [0, 0.05) is 37.3 Å². The smallest absolute Gasteiger partial charge is 0.243 e. The van der Waals surface area contributed by atoms with E-state index in [-0.39, 0.29) is 36.4 Å². The van der Waals surface area contributed by atoms with Crippen molar-refractivity contribution in [1.82, 2.24) is 15.5 Å². The Morgan fingerprint density at radius 1 is 1.28 bits per heavy atom. The molecule has 1 rings (SSSR count). The lowest BCUT2D eigenvalue weighted by Crippen LogP contribution is -2.41. The molecule has 0 bridgehead atoms. The van der Waals surface area contributed by atoms with Gasteiger partial charge in [-0.05, 0) is 19.1 Å². The first-order valence-electron chi connectivity index (χ1n) is 7.97. The molecule has 1 amide bonds. The van der Waals surface area contributed by atoms with E-state index in [4.69, 9.17) is 0 Å². The van der Waals surface area contributed by atoms with Crippen LogP contribution in [0.5, 0.6) is 0 Å². The lowest BCUT2D eigenvalue weighted by Gasteiger charge is -2.17. The van der Waals surface area contributed by atoms with Crippen molar-refractivity contribution < 1.29 is 4.79 Å². The van der Waals surface area contributed by atoms with Gasteiger partial charge in [0.05, 0.1) is 0 Å². The van der Waals surface area contributed by atoms with Crippen LogP contribution in [0.1, 0.15) is 13.8 Å². The number of hydrogen-bond donors (Lipinski definition) is 2. The zero-order valence-corrected chi connectivity index (χ0v) is 18.6. The van der Waals surface area contributed by atoms with Gasteiger partial charge in [0.25, 0.3) is 0 Å². The Morgan fingerprint density at radius 2 is 1.92 bits per heavy atom. The SMILES string of the molecule is C=C(C)CNC(=NCC(=O)N(C)C)NCC(C)Sc1ccccc1.I. The van der Waals surface area contributed by atoms with E-state index in [0.717, 1.165) is 12.1 Å². The fraction of sp³-hybridized carbons (Fsp3) is 0.444. The van der Waals surface area contributed by atoms with Gasteiger partial charge in [0.2, 0.25) is 5.91 Å². The van der Waals surface area contributed by atoms with Gasteiger partial charge in [0.15, 0.2) is 5.96 Å². The van der Waals surface area contributed by atoms with Gasteiger partial charge in [-0.1, -0.05) is 37.3 Å². The van der Waals surface area contributed by atoms with Gasteiger partial charge < -0.3 is 15.5 Å². The minimum Gasteiger partial charge on any atom is -0.355 e. The maximum Gasteiger partial charge on any atom is 0.243 e. The molecule has 5 nitrogen and oxygen atoms in total. The number of hydrogen-bond acceptors (Lipinski definition) is 3. The highest BCUT2D eigenvalue weighted by Crippen LogP contribution is 2.21. The summed E-state index contributed by atoms with van der Waals surface area (Å²) in [4.78, 5) is 18.8. The second kappa shape index (κ2) is 13.0. The molecule has 0 saturated carbocycles. The number of carbonyl (C=O) groups excluding carboxylic acids is 1. The first kappa shape index (κ1) is 23.8. The summed E-state index contributed by atoms with van der Waals surface area (Å²) in [6, 6.07) is 10.3. The quantitative estimate of drug-likeness (QED) is 0.199. The highest BCUT2D eigenvalue weighted by Gasteiger charge is 2.08. The predicted molar refractivity (Wildman–Crippen MR) is 119 cm³/mol. The predicted octanol–water partition coefficient (Wildman–Crippen LogP) is 2.98. The van der Waals surface area contributed by atoms with Crippen molar-refractivity contribution in [2.45, 2.75) is 24.0 Å². The third-order valence-corrected chi connectivity index (χ3v) is 4.18. The highest BCUT2D eigenvalue weighted by atomic mass is 127. The number of nitrogens with one attached hydrogen (secondary N) is 2. The monoisotopic (exact) mass is 476 g/mol. The molecular weight excluding hydrogens is 447 g/mol. The molecule has 0 heterocycles. The zero-order valence-electron chi connectivity index (χ0n) is 15.4. The standard InChI is InChI=1S/C18H28N4OS.HI/c1-14(2)11-19-18(21-13-17(23)22(4)5)20-12-15(3)24-16-9-7-6-8-10-16;/h6-10,15H,1,11-13H2,2-5H3,(H2,19,20,21);1H. The Hall–Kier alpha value is -1.22. The molecule has 1 aromatic rings. The van der Waals surface area contributed by atoms with E-state index in [9.17, 15) is 4.79 Å². The van der Waals surface area contributed by atoms with Crippen LogP contribution in [0.3, 0.4) is 0 Å². The number of halogens is 1. The fourth-order valence-corrected chi connectivity index (χ4v) is 2.66. The number of guanidine groups is 1. The number of carbonyl (C=O) groups is 1. The molecule has 7 heteroatoms. The number of amides is 1. The van der Waals surface area contributed by atoms with Crippen molar-refractivity contribution in [3.8, 4) is 0 Å². The molecule has 0 aliphatic carbocycles. The van der Waals surface area contributed by atoms with Crippen molar-refractivity contribution in [1.29, 1.82) is 0 Å². The van der Waals surface area contributed by atoms with E-state index in [1.54, 1.807) is 25.9 Å². The largest absolute Gasteiger partial charge is 0.355 e. The third-order valence-electron chi connectivity index (χ3n) is 3.07. The Labute approximate surface area is 172 Å². The van der Waals surface area contributed by atoms with Crippen LogP contribution in [0.25, 0.3) is 0 Å². The van der Waals surface area contributed by atoms with E-state index in [1.165, 1.54) is 9.80 Å². The first-order valence-corrected chi connectivity index (χ1v) is 8.85. The number of aliphatic imine (C=N–C) groups is 1. The molecule has 0 aliphatic heterocycles. The van der Waals surface area contributed by atoms with Gasteiger partial charge in [0.1, 0.15) is 6.54 Å². The summed E-state index contributed by atoms with van der Waals surface area (Å²) in [6.07, 6.45) is 0. The lowest BCUT2D eigenvalue weighted by atomic mass is 10.3. The van der Waals surface area contributed by atoms with Crippen LogP contribution in [0.15, 0.2) is 52.4 Å². The van der Waals surface area contributed by atoms with Crippen molar-refractivity contribution in [2.24, 2.45) is 4.99 Å². The summed E-state index contributed by atoms with van der Waals surface area (Å²) in [7, 11) is 3.45. The average molecular weight is 476 g/mol. The lowest BCUT2D eigenvalue weighted by molar-refractivity contribution is -0.127. The summed E-state index contributed by atoms with van der Waals surface area (Å²) in [5.41, 5.74) is 1.01. The number of likely N-dealkylation sites (N-methyl/N-ethyl adjacent to an activating group) is 1. The van der Waals surface area contributed by atoms with Crippen LogP contribution in [-0.2, 0) is 4.79 Å². The van der Waals surface area contributed by atoms with E-state index in [1.807, 2.05) is 25.1 Å². The molecule has 0 aromatic heterocycles. The van der Waals surface area contributed by atoms with Crippen LogP contribution in [-0.4, -0.2) is 55.7 Å². The Morgan fingerprint density at radius 3 is 2.48 bits per heavy atom. The third kappa shape index (κ3) is 11.1. The molecular formula is C18H29IN4OS. The van der Waals surface area contributed by atoms with E-state index in [2.05, 4.69) is 41.3 Å². The summed E-state index contributed by atoms with van der Waals surface area (Å²) in [5.74, 6) is 0.604. The van der Waals surface area contributed by atoms with Gasteiger partial charge in [-0.25, -0.2) is 4.99 Å². The van der Waals surface area contributed by atoms with Crippen molar-refractivity contribution in [3.05, 3.63) is 42.5 Å². The normalized spacial score (nSPS) is 11.9. The van der Waals surface area contributed by atoms with E-state index in [0.29, 0.717) is 17.8 Å². The van der Waals surface area contributed by atoms with Crippen LogP contribution in [0, 0.1) is 0 Å². The molecule has 140 valence electrons. The van der Waals surface area contributed by atoms with Crippen LogP contribution in [0.2, 0.25) is 0 Å². The Kier molecular flexibility index (Phi) is 12.4. The topological polar surface area (TPSA) is 56.7 Å². The maximum absolute atomic E-state index is 11.7. The van der Waals surface area contributed by atoms with Crippen molar-refractivity contribution in [3.63, 3.8) is 0 Å². The van der Waals surface area contributed by atoms with E-state index < -0.39 is 0 Å². The minimum atomic E-state index is -0.0295. The molecule has 25 heavy (non-hydrogen) atoms. The van der Waals surface area contributed by atoms with Crippen molar-refractivity contribution >= 4 is 47.6 Å².